The molecule has 0 fully saturated rings. The number of hydrogen-bond acceptors (Lipinski definition) is 4. The van der Waals surface area contributed by atoms with Crippen molar-refractivity contribution in [3.05, 3.63) is 63.6 Å². The second-order valence-electron chi connectivity index (χ2n) is 4.48. The first kappa shape index (κ1) is 13.4. The van der Waals surface area contributed by atoms with Gasteiger partial charge in [-0.2, -0.15) is 0 Å². The Bertz CT molecular complexity index is 845. The van der Waals surface area contributed by atoms with Crippen LogP contribution in [0.3, 0.4) is 0 Å². The van der Waals surface area contributed by atoms with E-state index < -0.39 is 4.92 Å². The Hall–Kier alpha value is -2.60. The molecule has 0 N–H and O–H groups in total. The van der Waals surface area contributed by atoms with Crippen LogP contribution in [-0.2, 0) is 0 Å². The van der Waals surface area contributed by atoms with Crippen LogP contribution in [0.5, 0.6) is 11.5 Å². The van der Waals surface area contributed by atoms with E-state index in [1.807, 2.05) is 0 Å². The molecule has 3 rings (SSSR count). The molecule has 0 radical (unpaired) electrons. The van der Waals surface area contributed by atoms with E-state index in [1.165, 1.54) is 12.1 Å². The Morgan fingerprint density at radius 1 is 1.33 bits per heavy atom. The van der Waals surface area contributed by atoms with Gasteiger partial charge in [-0.25, -0.2) is 4.98 Å². The summed E-state index contributed by atoms with van der Waals surface area (Å²) >= 11 is 5.95. The topological polar surface area (TPSA) is 69.7 Å². The standard InChI is InChI=1S/C14H10ClN3O3/c1-9-6-10(18(19)20)2-3-12(9)21-11-4-5-17-13(15)8-16-14(17)7-11/h2-8H,1H3. The van der Waals surface area contributed by atoms with Gasteiger partial charge in [-0.3, -0.25) is 14.5 Å². The summed E-state index contributed by atoms with van der Waals surface area (Å²) in [5.41, 5.74) is 1.39. The molecule has 7 heteroatoms. The third-order valence-corrected chi connectivity index (χ3v) is 3.32. The fraction of sp³-hybridized carbons (Fsp3) is 0.0714. The van der Waals surface area contributed by atoms with Crippen molar-refractivity contribution in [3.63, 3.8) is 0 Å². The summed E-state index contributed by atoms with van der Waals surface area (Å²) in [4.78, 5) is 14.4. The maximum atomic E-state index is 10.7. The van der Waals surface area contributed by atoms with Crippen molar-refractivity contribution in [2.24, 2.45) is 0 Å². The minimum atomic E-state index is -0.435. The van der Waals surface area contributed by atoms with Crippen LogP contribution in [-0.4, -0.2) is 14.3 Å². The van der Waals surface area contributed by atoms with Crippen molar-refractivity contribution >= 4 is 22.9 Å². The van der Waals surface area contributed by atoms with E-state index in [-0.39, 0.29) is 5.69 Å². The van der Waals surface area contributed by atoms with Gasteiger partial charge in [0.05, 0.1) is 11.1 Å². The molecule has 0 aliphatic carbocycles. The second kappa shape index (κ2) is 5.06. The molecule has 2 aromatic heterocycles. The van der Waals surface area contributed by atoms with Crippen molar-refractivity contribution in [2.75, 3.05) is 0 Å². The van der Waals surface area contributed by atoms with Gasteiger partial charge in [0.2, 0.25) is 0 Å². The maximum Gasteiger partial charge on any atom is 0.269 e. The molecule has 21 heavy (non-hydrogen) atoms. The number of non-ortho nitro benzene ring substituents is 1. The molecule has 0 spiro atoms. The summed E-state index contributed by atoms with van der Waals surface area (Å²) in [6.45, 7) is 1.76. The number of nitro benzene ring substituents is 1. The zero-order valence-electron chi connectivity index (χ0n) is 11.0. The van der Waals surface area contributed by atoms with Crippen LogP contribution in [0.25, 0.3) is 5.65 Å². The van der Waals surface area contributed by atoms with Crippen LogP contribution in [0.2, 0.25) is 5.15 Å². The van der Waals surface area contributed by atoms with Crippen LogP contribution in [0.15, 0.2) is 42.7 Å². The van der Waals surface area contributed by atoms with Crippen molar-refractivity contribution in [1.82, 2.24) is 9.38 Å². The van der Waals surface area contributed by atoms with Gasteiger partial charge in [0.1, 0.15) is 22.3 Å². The number of fused-ring (bicyclic) bond motifs is 1. The predicted octanol–water partition coefficient (Wildman–Crippen LogP) is 4.00. The highest BCUT2D eigenvalue weighted by Crippen LogP contribution is 2.29. The third kappa shape index (κ3) is 2.53. The van der Waals surface area contributed by atoms with Crippen LogP contribution in [0.1, 0.15) is 5.56 Å². The summed E-state index contributed by atoms with van der Waals surface area (Å²) < 4.78 is 7.46. The molecule has 3 aromatic rings. The van der Waals surface area contributed by atoms with Crippen molar-refractivity contribution in [2.45, 2.75) is 6.92 Å². The average molecular weight is 304 g/mol. The van der Waals surface area contributed by atoms with Gasteiger partial charge in [-0.15, -0.1) is 0 Å². The summed E-state index contributed by atoms with van der Waals surface area (Å²) in [7, 11) is 0. The number of imidazole rings is 1. The number of nitro groups is 1. The van der Waals surface area contributed by atoms with E-state index in [0.717, 1.165) is 0 Å². The summed E-state index contributed by atoms with van der Waals surface area (Å²) in [5, 5.41) is 11.2. The fourth-order valence-corrected chi connectivity index (χ4v) is 2.17. The lowest BCUT2D eigenvalue weighted by atomic mass is 10.2. The molecule has 0 aliphatic rings. The van der Waals surface area contributed by atoms with Gasteiger partial charge < -0.3 is 4.74 Å². The number of aryl methyl sites for hydroxylation is 1. The highest BCUT2D eigenvalue weighted by molar-refractivity contribution is 6.29. The number of ether oxygens (including phenoxy) is 1. The van der Waals surface area contributed by atoms with E-state index in [4.69, 9.17) is 16.3 Å². The van der Waals surface area contributed by atoms with Crippen LogP contribution < -0.4 is 4.74 Å². The first-order valence-electron chi connectivity index (χ1n) is 6.10. The molecule has 0 saturated carbocycles. The van der Waals surface area contributed by atoms with E-state index in [0.29, 0.717) is 27.9 Å². The third-order valence-electron chi connectivity index (χ3n) is 3.04. The van der Waals surface area contributed by atoms with Crippen molar-refractivity contribution in [1.29, 1.82) is 0 Å². The fourth-order valence-electron chi connectivity index (χ4n) is 1.98. The maximum absolute atomic E-state index is 10.7. The van der Waals surface area contributed by atoms with Gasteiger partial charge in [0.25, 0.3) is 5.69 Å². The van der Waals surface area contributed by atoms with Gasteiger partial charge in [-0.05, 0) is 24.6 Å². The van der Waals surface area contributed by atoms with E-state index in [2.05, 4.69) is 4.98 Å². The zero-order valence-corrected chi connectivity index (χ0v) is 11.7. The van der Waals surface area contributed by atoms with E-state index in [9.17, 15) is 10.1 Å². The summed E-state index contributed by atoms with van der Waals surface area (Å²) in [6, 6.07) is 7.96. The molecule has 0 unspecified atom stereocenters. The van der Waals surface area contributed by atoms with Gasteiger partial charge in [0, 0.05) is 24.4 Å². The molecule has 0 bridgehead atoms. The second-order valence-corrected chi connectivity index (χ2v) is 4.87. The molecule has 0 saturated heterocycles. The first-order valence-corrected chi connectivity index (χ1v) is 6.48. The number of benzene rings is 1. The molecule has 1 aromatic carbocycles. The van der Waals surface area contributed by atoms with Crippen LogP contribution in [0.4, 0.5) is 5.69 Å². The van der Waals surface area contributed by atoms with Crippen LogP contribution >= 0.6 is 11.6 Å². The molecular formula is C14H10ClN3O3. The van der Waals surface area contributed by atoms with Crippen molar-refractivity contribution in [3.8, 4) is 11.5 Å². The Labute approximate surface area is 124 Å². The van der Waals surface area contributed by atoms with Crippen molar-refractivity contribution < 1.29 is 9.66 Å². The van der Waals surface area contributed by atoms with Crippen LogP contribution in [0, 0.1) is 17.0 Å². The minimum Gasteiger partial charge on any atom is -0.457 e. The highest BCUT2D eigenvalue weighted by Gasteiger charge is 2.10. The Morgan fingerprint density at radius 2 is 2.14 bits per heavy atom. The molecule has 6 nitrogen and oxygen atoms in total. The predicted molar refractivity (Wildman–Crippen MR) is 78.1 cm³/mol. The van der Waals surface area contributed by atoms with E-state index in [1.54, 1.807) is 41.9 Å². The molecule has 0 amide bonds. The van der Waals surface area contributed by atoms with Gasteiger partial charge >= 0.3 is 0 Å². The van der Waals surface area contributed by atoms with E-state index >= 15 is 0 Å². The largest absolute Gasteiger partial charge is 0.457 e. The SMILES string of the molecule is Cc1cc([N+](=O)[O-])ccc1Oc1ccn2c(Cl)cnc2c1. The number of rotatable bonds is 3. The zero-order chi connectivity index (χ0) is 15.0. The number of nitrogens with zero attached hydrogens (tertiary/aromatic N) is 3. The number of hydrogen-bond donors (Lipinski definition) is 0. The lowest BCUT2D eigenvalue weighted by molar-refractivity contribution is -0.384. The minimum absolute atomic E-state index is 0.0374. The monoisotopic (exact) mass is 303 g/mol. The lowest BCUT2D eigenvalue weighted by Gasteiger charge is -2.08. The summed E-state index contributed by atoms with van der Waals surface area (Å²) in [6.07, 6.45) is 3.30. The number of halogens is 1. The van der Waals surface area contributed by atoms with Gasteiger partial charge in [-0.1, -0.05) is 11.6 Å². The average Bonchev–Trinajstić information content (AvgIpc) is 2.82. The smallest absolute Gasteiger partial charge is 0.269 e. The lowest BCUT2D eigenvalue weighted by Crippen LogP contribution is -1.92. The highest BCUT2D eigenvalue weighted by atomic mass is 35.5. The quantitative estimate of drug-likeness (QED) is 0.541. The molecule has 0 aliphatic heterocycles. The Kier molecular flexibility index (Phi) is 3.23. The normalized spacial score (nSPS) is 10.8. The number of aromatic nitrogens is 2. The Balaban J connectivity index is 1.92. The van der Waals surface area contributed by atoms with Gasteiger partial charge in [0.15, 0.2) is 0 Å². The molecule has 106 valence electrons. The molecule has 2 heterocycles. The number of pyridine rings is 1. The molecular weight excluding hydrogens is 294 g/mol. The first-order chi connectivity index (χ1) is 10.0. The molecule has 0 atom stereocenters. The Morgan fingerprint density at radius 3 is 2.86 bits per heavy atom. The summed E-state index contributed by atoms with van der Waals surface area (Å²) in [5.74, 6) is 1.14.